The summed E-state index contributed by atoms with van der Waals surface area (Å²) in [6, 6.07) is 14.4. The van der Waals surface area contributed by atoms with Gasteiger partial charge in [0.1, 0.15) is 11.3 Å². The van der Waals surface area contributed by atoms with Gasteiger partial charge >= 0.3 is 0 Å². The number of amides is 1. The number of benzene rings is 2. The molecule has 5 rings (SSSR count). The molecule has 0 spiro atoms. The van der Waals surface area contributed by atoms with E-state index in [-0.39, 0.29) is 18.4 Å². The fraction of sp³-hybridized carbons (Fsp3) is 0.304. The van der Waals surface area contributed by atoms with E-state index < -0.39 is 0 Å². The zero-order valence-corrected chi connectivity index (χ0v) is 16.2. The Morgan fingerprint density at radius 2 is 2.07 bits per heavy atom. The second-order valence-corrected chi connectivity index (χ2v) is 7.68. The maximum atomic E-state index is 13.1. The number of carbonyl (C=O) groups is 1. The van der Waals surface area contributed by atoms with Crippen molar-refractivity contribution in [2.45, 2.75) is 39.2 Å². The van der Waals surface area contributed by atoms with Crippen molar-refractivity contribution in [3.63, 3.8) is 0 Å². The number of fused-ring (bicyclic) bond motifs is 3. The third kappa shape index (κ3) is 2.70. The number of aryl methyl sites for hydroxylation is 2. The molecule has 3 heterocycles. The lowest BCUT2D eigenvalue weighted by molar-refractivity contribution is -0.131. The van der Waals surface area contributed by atoms with Gasteiger partial charge in [-0.3, -0.25) is 9.89 Å². The number of aromatic nitrogens is 2. The number of hydrogen-bond acceptors (Lipinski definition) is 3. The minimum atomic E-state index is 0.108. The van der Waals surface area contributed by atoms with Crippen LogP contribution in [0.2, 0.25) is 0 Å². The number of carbonyl (C=O) groups excluding carboxylic acids is 1. The molecule has 1 saturated heterocycles. The van der Waals surface area contributed by atoms with E-state index in [0.717, 1.165) is 52.9 Å². The zero-order valence-electron chi connectivity index (χ0n) is 16.2. The average Bonchev–Trinajstić information content (AvgIpc) is 3.40. The Labute approximate surface area is 163 Å². The zero-order chi connectivity index (χ0) is 19.3. The number of hydrogen-bond donors (Lipinski definition) is 1. The van der Waals surface area contributed by atoms with E-state index >= 15 is 0 Å². The van der Waals surface area contributed by atoms with Crippen molar-refractivity contribution in [1.29, 1.82) is 0 Å². The predicted octanol–water partition coefficient (Wildman–Crippen LogP) is 4.83. The van der Waals surface area contributed by atoms with Gasteiger partial charge in [0, 0.05) is 23.2 Å². The number of nitrogens with one attached hydrogen (secondary N) is 1. The van der Waals surface area contributed by atoms with Gasteiger partial charge in [0.05, 0.1) is 18.2 Å². The van der Waals surface area contributed by atoms with Crippen molar-refractivity contribution < 1.29 is 9.21 Å². The Morgan fingerprint density at radius 3 is 2.89 bits per heavy atom. The van der Waals surface area contributed by atoms with Gasteiger partial charge in [0.25, 0.3) is 0 Å². The molecule has 1 N–H and O–H groups in total. The first-order valence-corrected chi connectivity index (χ1v) is 9.83. The summed E-state index contributed by atoms with van der Waals surface area (Å²) in [6.45, 7) is 4.82. The summed E-state index contributed by atoms with van der Waals surface area (Å²) in [5, 5.41) is 10.8. The molecular formula is C23H23N3O2. The summed E-state index contributed by atoms with van der Waals surface area (Å²) in [5.74, 6) is 0.841. The van der Waals surface area contributed by atoms with Gasteiger partial charge < -0.3 is 9.32 Å². The molecule has 5 heteroatoms. The molecule has 1 unspecified atom stereocenters. The summed E-state index contributed by atoms with van der Waals surface area (Å²) < 4.78 is 6.01. The predicted molar refractivity (Wildman–Crippen MR) is 109 cm³/mol. The summed E-state index contributed by atoms with van der Waals surface area (Å²) >= 11 is 0. The first-order chi connectivity index (χ1) is 13.6. The maximum Gasteiger partial charge on any atom is 0.230 e. The monoisotopic (exact) mass is 373 g/mol. The molecule has 1 amide bonds. The summed E-state index contributed by atoms with van der Waals surface area (Å²) in [4.78, 5) is 15.1. The summed E-state index contributed by atoms with van der Waals surface area (Å²) in [7, 11) is 0. The van der Waals surface area contributed by atoms with E-state index in [9.17, 15) is 4.79 Å². The van der Waals surface area contributed by atoms with Gasteiger partial charge in [-0.1, -0.05) is 30.3 Å². The van der Waals surface area contributed by atoms with Crippen molar-refractivity contribution >= 4 is 27.6 Å². The van der Waals surface area contributed by atoms with Gasteiger partial charge in [0.15, 0.2) is 0 Å². The highest BCUT2D eigenvalue weighted by Crippen LogP contribution is 2.35. The van der Waals surface area contributed by atoms with Crippen molar-refractivity contribution in [2.75, 3.05) is 6.54 Å². The number of furan rings is 1. The maximum absolute atomic E-state index is 13.1. The fourth-order valence-electron chi connectivity index (χ4n) is 4.60. The number of H-pyrrole nitrogens is 1. The molecule has 2 aromatic carbocycles. The molecule has 4 aromatic rings. The molecule has 0 aliphatic carbocycles. The van der Waals surface area contributed by atoms with Gasteiger partial charge in [-0.25, -0.2) is 0 Å². The van der Waals surface area contributed by atoms with Gasteiger partial charge in [0.2, 0.25) is 5.91 Å². The standard InChI is InChI=1S/C23H23N3O2/c1-14-23(15(2)25-24-14)20-8-5-11-26(20)22(27)13-17-12-19-18-7-4-3-6-16(18)9-10-21(19)28-17/h3-4,6-7,9-10,12,20H,5,8,11,13H2,1-2H3,(H,24,25). The van der Waals surface area contributed by atoms with Crippen LogP contribution in [0.1, 0.15) is 41.6 Å². The van der Waals surface area contributed by atoms with Crippen LogP contribution in [0.4, 0.5) is 0 Å². The molecule has 1 aliphatic rings. The van der Waals surface area contributed by atoms with Crippen LogP contribution in [0.15, 0.2) is 46.9 Å². The highest BCUT2D eigenvalue weighted by molar-refractivity contribution is 6.06. The van der Waals surface area contributed by atoms with Gasteiger partial charge in [-0.05, 0) is 49.6 Å². The first-order valence-electron chi connectivity index (χ1n) is 9.83. The van der Waals surface area contributed by atoms with Gasteiger partial charge in [-0.2, -0.15) is 5.10 Å². The van der Waals surface area contributed by atoms with E-state index in [4.69, 9.17) is 4.42 Å². The molecule has 0 saturated carbocycles. The number of aromatic amines is 1. The first kappa shape index (κ1) is 17.0. The number of nitrogens with zero attached hydrogens (tertiary/aromatic N) is 2. The summed E-state index contributed by atoms with van der Waals surface area (Å²) in [6.07, 6.45) is 2.29. The van der Waals surface area contributed by atoms with Crippen molar-refractivity contribution in [2.24, 2.45) is 0 Å². The van der Waals surface area contributed by atoms with Crippen molar-refractivity contribution in [1.82, 2.24) is 15.1 Å². The van der Waals surface area contributed by atoms with E-state index in [1.165, 1.54) is 10.9 Å². The lowest BCUT2D eigenvalue weighted by Gasteiger charge is -2.25. The fourth-order valence-corrected chi connectivity index (χ4v) is 4.60. The van der Waals surface area contributed by atoms with E-state index in [1.807, 2.05) is 43.0 Å². The van der Waals surface area contributed by atoms with Crippen molar-refractivity contribution in [3.05, 3.63) is 65.2 Å². The molecule has 28 heavy (non-hydrogen) atoms. The lowest BCUT2D eigenvalue weighted by atomic mass is 10.0. The Bertz CT molecular complexity index is 1170. The molecule has 1 aliphatic heterocycles. The Hall–Kier alpha value is -3.08. The molecule has 0 bridgehead atoms. The smallest absolute Gasteiger partial charge is 0.230 e. The Balaban J connectivity index is 1.44. The third-order valence-electron chi connectivity index (χ3n) is 5.89. The highest BCUT2D eigenvalue weighted by Gasteiger charge is 2.33. The molecular weight excluding hydrogens is 350 g/mol. The Morgan fingerprint density at radius 1 is 1.21 bits per heavy atom. The second-order valence-electron chi connectivity index (χ2n) is 7.68. The number of rotatable bonds is 3. The molecule has 0 radical (unpaired) electrons. The molecule has 1 fully saturated rings. The largest absolute Gasteiger partial charge is 0.461 e. The van der Waals surface area contributed by atoms with Gasteiger partial charge in [-0.15, -0.1) is 0 Å². The van der Waals surface area contributed by atoms with Crippen molar-refractivity contribution in [3.8, 4) is 0 Å². The average molecular weight is 373 g/mol. The van der Waals surface area contributed by atoms with Crippen LogP contribution < -0.4 is 0 Å². The summed E-state index contributed by atoms with van der Waals surface area (Å²) in [5.41, 5.74) is 4.04. The topological polar surface area (TPSA) is 62.1 Å². The van der Waals surface area contributed by atoms with Crippen LogP contribution in [-0.4, -0.2) is 27.5 Å². The lowest BCUT2D eigenvalue weighted by Crippen LogP contribution is -2.32. The minimum Gasteiger partial charge on any atom is -0.461 e. The van der Waals surface area contributed by atoms with Crippen LogP contribution in [-0.2, 0) is 11.2 Å². The van der Waals surface area contributed by atoms with Crippen LogP contribution in [0, 0.1) is 13.8 Å². The molecule has 2 aromatic heterocycles. The van der Waals surface area contributed by atoms with E-state index in [2.05, 4.69) is 28.4 Å². The quantitative estimate of drug-likeness (QED) is 0.559. The van der Waals surface area contributed by atoms with E-state index in [1.54, 1.807) is 0 Å². The van der Waals surface area contributed by atoms with E-state index in [0.29, 0.717) is 0 Å². The molecule has 1 atom stereocenters. The SMILES string of the molecule is Cc1n[nH]c(C)c1C1CCCN1C(=O)Cc1cc2c(ccc3ccccc32)o1. The minimum absolute atomic E-state index is 0.108. The normalized spacial score (nSPS) is 17.1. The number of likely N-dealkylation sites (tertiary alicyclic amines) is 1. The van der Waals surface area contributed by atoms with Crippen LogP contribution in [0.3, 0.4) is 0 Å². The molecule has 5 nitrogen and oxygen atoms in total. The Kier molecular flexibility index (Phi) is 3.97. The second kappa shape index (κ2) is 6.51. The van der Waals surface area contributed by atoms with Crippen LogP contribution in [0.5, 0.6) is 0 Å². The third-order valence-corrected chi connectivity index (χ3v) is 5.89. The van der Waals surface area contributed by atoms with Crippen LogP contribution >= 0.6 is 0 Å². The highest BCUT2D eigenvalue weighted by atomic mass is 16.3. The van der Waals surface area contributed by atoms with Crippen LogP contribution in [0.25, 0.3) is 21.7 Å². The molecule has 142 valence electrons.